The lowest BCUT2D eigenvalue weighted by Crippen LogP contribution is -2.52. The molecule has 2 amide bonds. The Bertz CT molecular complexity index is 2350. The highest BCUT2D eigenvalue weighted by Crippen LogP contribution is 2.53. The van der Waals surface area contributed by atoms with Crippen LogP contribution in [0.25, 0.3) is 0 Å². The monoisotopic (exact) mass is 884 g/mol. The van der Waals surface area contributed by atoms with Crippen LogP contribution in [0.3, 0.4) is 0 Å². The molecule has 1 fully saturated rings. The molecule has 5 aromatic carbocycles. The first kappa shape index (κ1) is 46.8. The SMILES string of the molecule is C=C/C(=C\C=C/C)COC(=O)[C@H](Cc1ccc(OP(=O)(OCc2ccccc2)OCc2ccccc2)c(OCc2ccccc2)c1)NC(=O)[C@@H]1CCCN1C(=O)OCc1ccccc1. The number of likely N-dealkylation sites (tertiary alicyclic amines) is 1. The van der Waals surface area contributed by atoms with E-state index in [9.17, 15) is 18.9 Å². The third-order valence-electron chi connectivity index (χ3n) is 10.1. The Labute approximate surface area is 374 Å². The number of amides is 2. The van der Waals surface area contributed by atoms with Crippen molar-refractivity contribution >= 4 is 25.8 Å². The summed E-state index contributed by atoms with van der Waals surface area (Å²) in [5.41, 5.74) is 4.37. The van der Waals surface area contributed by atoms with E-state index < -0.39 is 37.9 Å². The molecule has 0 saturated carbocycles. The maximum Gasteiger partial charge on any atom is 0.530 e. The number of phosphoric acid groups is 1. The second-order valence-electron chi connectivity index (χ2n) is 14.8. The number of esters is 1. The summed E-state index contributed by atoms with van der Waals surface area (Å²) in [6.45, 7) is 5.95. The van der Waals surface area contributed by atoms with Gasteiger partial charge in [0.1, 0.15) is 31.9 Å². The maximum atomic E-state index is 14.5. The van der Waals surface area contributed by atoms with Gasteiger partial charge in [-0.25, -0.2) is 14.2 Å². The predicted octanol–water partition coefficient (Wildman–Crippen LogP) is 10.2. The average Bonchev–Trinajstić information content (AvgIpc) is 3.84. The average molecular weight is 885 g/mol. The Morgan fingerprint density at radius 1 is 0.734 bits per heavy atom. The maximum absolute atomic E-state index is 14.5. The number of hydrogen-bond donors (Lipinski definition) is 1. The Kier molecular flexibility index (Phi) is 17.7. The van der Waals surface area contributed by atoms with Gasteiger partial charge in [0.15, 0.2) is 11.5 Å². The smallest absolute Gasteiger partial charge is 0.485 e. The van der Waals surface area contributed by atoms with E-state index in [1.807, 2.05) is 134 Å². The largest absolute Gasteiger partial charge is 0.530 e. The van der Waals surface area contributed by atoms with Gasteiger partial charge >= 0.3 is 19.9 Å². The number of ether oxygens (including phenoxy) is 3. The highest BCUT2D eigenvalue weighted by Gasteiger charge is 2.37. The fraction of sp³-hybridized carbons (Fsp3) is 0.235. The van der Waals surface area contributed by atoms with Gasteiger partial charge in [0.25, 0.3) is 0 Å². The molecule has 0 unspecified atom stereocenters. The van der Waals surface area contributed by atoms with Crippen LogP contribution in [0.4, 0.5) is 4.79 Å². The van der Waals surface area contributed by atoms with Gasteiger partial charge in [-0.3, -0.25) is 18.7 Å². The van der Waals surface area contributed by atoms with Crippen LogP contribution < -0.4 is 14.6 Å². The minimum absolute atomic E-state index is 0.0492. The molecule has 2 atom stereocenters. The zero-order valence-electron chi connectivity index (χ0n) is 35.8. The van der Waals surface area contributed by atoms with E-state index >= 15 is 0 Å². The van der Waals surface area contributed by atoms with Crippen LogP contribution in [0.15, 0.2) is 176 Å². The Morgan fingerprint density at radius 2 is 1.30 bits per heavy atom. The van der Waals surface area contributed by atoms with Gasteiger partial charge in [-0.1, -0.05) is 158 Å². The summed E-state index contributed by atoms with van der Waals surface area (Å²) in [7, 11) is -4.32. The standard InChI is InChI=1S/C51H53N2O10P/c1-3-5-19-39(4-2)34-59-50(55)45(52-49(54)46-28-18-31-53(46)51(56)60-36-41-22-12-7-13-23-41)32-44-29-30-47(48(33-44)58-35-40-20-10-6-11-21-40)63-64(57,61-37-42-24-14-8-15-25-42)62-38-43-26-16-9-17-27-43/h3-17,19-27,29-30,33,45-46H,2,18,28,31-32,34-38H2,1H3,(H,52,54)/b5-3-,39-19+/t45-,46-/m0/s1. The normalized spacial score (nSPS) is 14.4. The van der Waals surface area contributed by atoms with E-state index in [0.29, 0.717) is 30.5 Å². The van der Waals surface area contributed by atoms with Crippen LogP contribution in [0.1, 0.15) is 47.6 Å². The molecule has 12 nitrogen and oxygen atoms in total. The van der Waals surface area contributed by atoms with Crippen molar-refractivity contribution in [2.75, 3.05) is 13.2 Å². The Balaban J connectivity index is 1.26. The first-order chi connectivity index (χ1) is 31.2. The number of carbonyl (C=O) groups excluding carboxylic acids is 3. The van der Waals surface area contributed by atoms with E-state index in [2.05, 4.69) is 11.9 Å². The third-order valence-corrected chi connectivity index (χ3v) is 11.4. The molecule has 0 spiro atoms. The molecular weight excluding hydrogens is 832 g/mol. The zero-order valence-corrected chi connectivity index (χ0v) is 36.7. The molecule has 1 saturated heterocycles. The molecule has 1 N–H and O–H groups in total. The third kappa shape index (κ3) is 14.4. The number of allylic oxidation sites excluding steroid dienone is 3. The highest BCUT2D eigenvalue weighted by atomic mass is 31.2. The van der Waals surface area contributed by atoms with Crippen molar-refractivity contribution in [2.45, 2.75) is 64.7 Å². The molecular formula is C51H53N2O10P. The summed E-state index contributed by atoms with van der Waals surface area (Å²) in [6.07, 6.45) is 7.26. The molecule has 332 valence electrons. The van der Waals surface area contributed by atoms with Gasteiger partial charge < -0.3 is 24.1 Å². The Morgan fingerprint density at radius 3 is 1.86 bits per heavy atom. The number of nitrogens with one attached hydrogen (secondary N) is 1. The van der Waals surface area contributed by atoms with E-state index in [0.717, 1.165) is 22.3 Å². The molecule has 1 heterocycles. The zero-order chi connectivity index (χ0) is 45.0. The second-order valence-corrected chi connectivity index (χ2v) is 16.4. The minimum atomic E-state index is -4.32. The Hall–Kier alpha value is -6.72. The van der Waals surface area contributed by atoms with Crippen molar-refractivity contribution in [3.05, 3.63) is 204 Å². The van der Waals surface area contributed by atoms with Crippen LogP contribution in [-0.2, 0) is 65.5 Å². The molecule has 0 aromatic heterocycles. The van der Waals surface area contributed by atoms with Gasteiger partial charge in [-0.2, -0.15) is 0 Å². The summed E-state index contributed by atoms with van der Waals surface area (Å²) < 4.78 is 50.1. The van der Waals surface area contributed by atoms with E-state index in [1.54, 1.807) is 36.4 Å². The van der Waals surface area contributed by atoms with Crippen molar-refractivity contribution in [1.29, 1.82) is 0 Å². The van der Waals surface area contributed by atoms with Gasteiger partial charge in [-0.05, 0) is 65.3 Å². The highest BCUT2D eigenvalue weighted by molar-refractivity contribution is 7.48. The van der Waals surface area contributed by atoms with Crippen molar-refractivity contribution in [3.63, 3.8) is 0 Å². The van der Waals surface area contributed by atoms with Crippen LogP contribution in [0.2, 0.25) is 0 Å². The summed E-state index contributed by atoms with van der Waals surface area (Å²) in [5.74, 6) is -0.999. The summed E-state index contributed by atoms with van der Waals surface area (Å²) in [5, 5.41) is 2.87. The molecule has 6 rings (SSSR count). The van der Waals surface area contributed by atoms with E-state index in [-0.39, 0.29) is 51.0 Å². The summed E-state index contributed by atoms with van der Waals surface area (Å²) >= 11 is 0. The number of benzene rings is 5. The predicted molar refractivity (Wildman–Crippen MR) is 244 cm³/mol. The molecule has 0 radical (unpaired) electrons. The lowest BCUT2D eigenvalue weighted by atomic mass is 10.0. The molecule has 0 aliphatic carbocycles. The van der Waals surface area contributed by atoms with Crippen molar-refractivity contribution in [1.82, 2.24) is 10.2 Å². The van der Waals surface area contributed by atoms with Gasteiger partial charge in [-0.15, -0.1) is 0 Å². The quantitative estimate of drug-likeness (QED) is 0.0406. The molecule has 13 heteroatoms. The van der Waals surface area contributed by atoms with Gasteiger partial charge in [0.05, 0.1) is 13.2 Å². The lowest BCUT2D eigenvalue weighted by molar-refractivity contribution is -0.147. The van der Waals surface area contributed by atoms with Crippen LogP contribution in [-0.4, -0.2) is 48.1 Å². The number of rotatable bonds is 22. The summed E-state index contributed by atoms with van der Waals surface area (Å²) in [4.78, 5) is 42.6. The van der Waals surface area contributed by atoms with Gasteiger partial charge in [0.2, 0.25) is 5.91 Å². The van der Waals surface area contributed by atoms with E-state index in [4.69, 9.17) is 27.8 Å². The number of phosphoric ester groups is 1. The van der Waals surface area contributed by atoms with Crippen LogP contribution in [0.5, 0.6) is 11.5 Å². The van der Waals surface area contributed by atoms with Gasteiger partial charge in [0, 0.05) is 13.0 Å². The molecule has 1 aliphatic heterocycles. The topological polar surface area (TPSA) is 139 Å². The number of carbonyl (C=O) groups is 3. The molecule has 5 aromatic rings. The van der Waals surface area contributed by atoms with Crippen molar-refractivity contribution < 1.29 is 46.7 Å². The number of nitrogens with zero attached hydrogens (tertiary/aromatic N) is 1. The van der Waals surface area contributed by atoms with Crippen LogP contribution in [0, 0.1) is 0 Å². The summed E-state index contributed by atoms with van der Waals surface area (Å²) in [6, 6.07) is 40.0. The van der Waals surface area contributed by atoms with Crippen LogP contribution >= 0.6 is 7.82 Å². The van der Waals surface area contributed by atoms with Crippen molar-refractivity contribution in [2.24, 2.45) is 0 Å². The number of hydrogen-bond acceptors (Lipinski definition) is 10. The fourth-order valence-corrected chi connectivity index (χ4v) is 7.86. The molecule has 0 bridgehead atoms. The first-order valence-corrected chi connectivity index (χ1v) is 22.5. The minimum Gasteiger partial charge on any atom is -0.485 e. The molecule has 64 heavy (non-hydrogen) atoms. The first-order valence-electron chi connectivity index (χ1n) is 21.1. The lowest BCUT2D eigenvalue weighted by Gasteiger charge is -2.26. The van der Waals surface area contributed by atoms with E-state index in [1.165, 1.54) is 4.90 Å². The second kappa shape index (κ2) is 24.2. The molecule has 1 aliphatic rings. The van der Waals surface area contributed by atoms with Crippen molar-refractivity contribution in [3.8, 4) is 11.5 Å². The fourth-order valence-electron chi connectivity index (χ4n) is 6.68.